The van der Waals surface area contributed by atoms with Crippen molar-refractivity contribution in [3.63, 3.8) is 0 Å². The van der Waals surface area contributed by atoms with Gasteiger partial charge in [0.05, 0.1) is 0 Å². The maximum Gasteiger partial charge on any atom is 0.120 e. The first-order chi connectivity index (χ1) is 14.1. The van der Waals surface area contributed by atoms with Crippen LogP contribution in [0.25, 0.3) is 0 Å². The number of ether oxygens (including phenoxy) is 1. The molecular formula is C25H26ClNOS. The first kappa shape index (κ1) is 21.5. The van der Waals surface area contributed by atoms with Crippen molar-refractivity contribution in [3.8, 4) is 5.75 Å². The third-order valence-corrected chi connectivity index (χ3v) is 5.93. The number of aryl methyl sites for hydroxylation is 1. The number of halogens is 1. The quantitative estimate of drug-likeness (QED) is 0.360. The molecule has 0 aliphatic carbocycles. The topological polar surface area (TPSA) is 35.2 Å². The highest BCUT2D eigenvalue weighted by Crippen LogP contribution is 2.33. The van der Waals surface area contributed by atoms with Gasteiger partial charge in [-0.2, -0.15) is 0 Å². The summed E-state index contributed by atoms with van der Waals surface area (Å²) in [4.78, 5) is 2.23. The van der Waals surface area contributed by atoms with E-state index in [0.717, 1.165) is 51.0 Å². The summed E-state index contributed by atoms with van der Waals surface area (Å²) < 4.78 is 5.93. The predicted molar refractivity (Wildman–Crippen MR) is 124 cm³/mol. The van der Waals surface area contributed by atoms with Crippen molar-refractivity contribution in [1.82, 2.24) is 0 Å². The van der Waals surface area contributed by atoms with Crippen molar-refractivity contribution in [3.05, 3.63) is 102 Å². The van der Waals surface area contributed by atoms with Gasteiger partial charge in [-0.25, -0.2) is 0 Å². The van der Waals surface area contributed by atoms with Crippen molar-refractivity contribution in [2.75, 3.05) is 0 Å². The Hall–Kier alpha value is -2.20. The standard InChI is InChI=1S/C25H26ClNOS/c1-2-21(27)11-6-10-20-14-15-24(17-25(20)26)29-23-13-7-12-22(16-23)28-18-19-8-4-3-5-9-19/h2-5,7-9,12-17,21H,1,6,10-11,18,27H2. The minimum atomic E-state index is 0.0555. The van der Waals surface area contributed by atoms with Crippen molar-refractivity contribution in [2.24, 2.45) is 5.73 Å². The van der Waals surface area contributed by atoms with Gasteiger partial charge in [0.1, 0.15) is 12.4 Å². The molecule has 1 unspecified atom stereocenters. The smallest absolute Gasteiger partial charge is 0.120 e. The Balaban J connectivity index is 1.58. The summed E-state index contributed by atoms with van der Waals surface area (Å²) in [5.74, 6) is 0.861. The van der Waals surface area contributed by atoms with Crippen LogP contribution in [0.1, 0.15) is 24.0 Å². The SMILES string of the molecule is C=CC(N)CCCc1ccc(Sc2cccc(OCc3ccccc3)c2)cc1Cl. The van der Waals surface area contributed by atoms with Crippen molar-refractivity contribution < 1.29 is 4.74 Å². The molecule has 3 aromatic carbocycles. The number of hydrogen-bond acceptors (Lipinski definition) is 3. The zero-order valence-electron chi connectivity index (χ0n) is 16.4. The molecule has 3 aromatic rings. The second-order valence-corrected chi connectivity index (χ2v) is 8.45. The number of benzene rings is 3. The minimum absolute atomic E-state index is 0.0555. The molecular weight excluding hydrogens is 398 g/mol. The van der Waals surface area contributed by atoms with E-state index in [0.29, 0.717) is 6.61 Å². The highest BCUT2D eigenvalue weighted by atomic mass is 35.5. The first-order valence-electron chi connectivity index (χ1n) is 9.75. The molecule has 0 fully saturated rings. The Morgan fingerprint density at radius 3 is 2.55 bits per heavy atom. The summed E-state index contributed by atoms with van der Waals surface area (Å²) in [6.45, 7) is 4.29. The van der Waals surface area contributed by atoms with E-state index in [-0.39, 0.29) is 6.04 Å². The summed E-state index contributed by atoms with van der Waals surface area (Å²) in [7, 11) is 0. The maximum absolute atomic E-state index is 6.50. The molecule has 0 bridgehead atoms. The summed E-state index contributed by atoms with van der Waals surface area (Å²) in [6, 6.07) is 24.6. The predicted octanol–water partition coefficient (Wildman–Crippen LogP) is 6.91. The second kappa shape index (κ2) is 11.1. The Bertz CT molecular complexity index is 929. The van der Waals surface area contributed by atoms with E-state index in [9.17, 15) is 0 Å². The van der Waals surface area contributed by atoms with Gasteiger partial charge in [-0.1, -0.05) is 71.9 Å². The normalized spacial score (nSPS) is 11.8. The molecule has 0 radical (unpaired) electrons. The van der Waals surface area contributed by atoms with E-state index in [1.807, 2.05) is 36.4 Å². The van der Waals surface area contributed by atoms with Crippen LogP contribution in [0.5, 0.6) is 5.75 Å². The lowest BCUT2D eigenvalue weighted by atomic mass is 10.1. The molecule has 0 amide bonds. The summed E-state index contributed by atoms with van der Waals surface area (Å²) in [5.41, 5.74) is 8.20. The molecule has 4 heteroatoms. The molecule has 3 rings (SSSR count). The van der Waals surface area contributed by atoms with Gasteiger partial charge in [0.25, 0.3) is 0 Å². The van der Waals surface area contributed by atoms with E-state index in [4.69, 9.17) is 22.1 Å². The number of nitrogens with two attached hydrogens (primary N) is 1. The average Bonchev–Trinajstić information content (AvgIpc) is 2.74. The van der Waals surface area contributed by atoms with E-state index in [2.05, 4.69) is 43.0 Å². The minimum Gasteiger partial charge on any atom is -0.489 e. The zero-order valence-corrected chi connectivity index (χ0v) is 18.0. The molecule has 0 saturated carbocycles. The molecule has 0 spiro atoms. The van der Waals surface area contributed by atoms with Crippen LogP contribution < -0.4 is 10.5 Å². The lowest BCUT2D eigenvalue weighted by molar-refractivity contribution is 0.305. The fourth-order valence-corrected chi connectivity index (χ4v) is 4.19. The van der Waals surface area contributed by atoms with Gasteiger partial charge in [-0.05, 0) is 60.7 Å². The number of rotatable bonds is 10. The van der Waals surface area contributed by atoms with Crippen LogP contribution in [-0.2, 0) is 13.0 Å². The van der Waals surface area contributed by atoms with Crippen molar-refractivity contribution in [1.29, 1.82) is 0 Å². The zero-order chi connectivity index (χ0) is 20.5. The monoisotopic (exact) mass is 423 g/mol. The Labute approximate surface area is 182 Å². The van der Waals surface area contributed by atoms with Crippen LogP contribution in [0.15, 0.2) is 95.2 Å². The fourth-order valence-electron chi connectivity index (χ4n) is 2.94. The van der Waals surface area contributed by atoms with Crippen LogP contribution in [0.4, 0.5) is 0 Å². The molecule has 2 nitrogen and oxygen atoms in total. The summed E-state index contributed by atoms with van der Waals surface area (Å²) in [5, 5.41) is 0.804. The molecule has 2 N–H and O–H groups in total. The van der Waals surface area contributed by atoms with Gasteiger partial charge >= 0.3 is 0 Å². The molecule has 29 heavy (non-hydrogen) atoms. The molecule has 0 aliphatic rings. The van der Waals surface area contributed by atoms with Crippen LogP contribution in [0.3, 0.4) is 0 Å². The lowest BCUT2D eigenvalue weighted by Gasteiger charge is -2.10. The van der Waals surface area contributed by atoms with Gasteiger partial charge in [-0.3, -0.25) is 0 Å². The first-order valence-corrected chi connectivity index (χ1v) is 10.9. The van der Waals surface area contributed by atoms with Crippen LogP contribution >= 0.6 is 23.4 Å². The molecule has 1 atom stereocenters. The van der Waals surface area contributed by atoms with Crippen LogP contribution in [0, 0.1) is 0 Å². The maximum atomic E-state index is 6.50. The third kappa shape index (κ3) is 6.97. The van der Waals surface area contributed by atoms with Gasteiger partial charge < -0.3 is 10.5 Å². The molecule has 0 aromatic heterocycles. The summed E-state index contributed by atoms with van der Waals surface area (Å²) in [6.07, 6.45) is 4.64. The number of hydrogen-bond donors (Lipinski definition) is 1. The molecule has 0 heterocycles. The Morgan fingerprint density at radius 2 is 1.79 bits per heavy atom. The average molecular weight is 424 g/mol. The Kier molecular flexibility index (Phi) is 8.24. The highest BCUT2D eigenvalue weighted by Gasteiger charge is 2.06. The summed E-state index contributed by atoms with van der Waals surface area (Å²) >= 11 is 8.19. The van der Waals surface area contributed by atoms with Gasteiger partial charge in [0.2, 0.25) is 0 Å². The molecule has 0 saturated heterocycles. The van der Waals surface area contributed by atoms with Crippen molar-refractivity contribution >= 4 is 23.4 Å². The van der Waals surface area contributed by atoms with E-state index in [1.54, 1.807) is 17.8 Å². The van der Waals surface area contributed by atoms with Gasteiger partial charge in [0, 0.05) is 20.9 Å². The molecule has 0 aliphatic heterocycles. The van der Waals surface area contributed by atoms with Crippen LogP contribution in [-0.4, -0.2) is 6.04 Å². The largest absolute Gasteiger partial charge is 0.489 e. The Morgan fingerprint density at radius 1 is 1.00 bits per heavy atom. The van der Waals surface area contributed by atoms with Gasteiger partial charge in [0.15, 0.2) is 0 Å². The van der Waals surface area contributed by atoms with E-state index in [1.165, 1.54) is 0 Å². The highest BCUT2D eigenvalue weighted by molar-refractivity contribution is 7.99. The second-order valence-electron chi connectivity index (χ2n) is 6.90. The third-order valence-electron chi connectivity index (χ3n) is 4.60. The lowest BCUT2D eigenvalue weighted by Crippen LogP contribution is -2.16. The van der Waals surface area contributed by atoms with Crippen molar-refractivity contribution in [2.45, 2.75) is 41.7 Å². The van der Waals surface area contributed by atoms with Gasteiger partial charge in [-0.15, -0.1) is 6.58 Å². The molecule has 150 valence electrons. The van der Waals surface area contributed by atoms with E-state index < -0.39 is 0 Å². The fraction of sp³-hybridized carbons (Fsp3) is 0.200. The van der Waals surface area contributed by atoms with Crippen LogP contribution in [0.2, 0.25) is 5.02 Å². The van der Waals surface area contributed by atoms with E-state index >= 15 is 0 Å².